The van der Waals surface area contributed by atoms with Gasteiger partial charge in [0.05, 0.1) is 17.3 Å². The van der Waals surface area contributed by atoms with Crippen LogP contribution in [0.25, 0.3) is 0 Å². The summed E-state index contributed by atoms with van der Waals surface area (Å²) in [6.07, 6.45) is 17.8. The van der Waals surface area contributed by atoms with Gasteiger partial charge in [-0.1, -0.05) is 61.8 Å². The zero-order valence-corrected chi connectivity index (χ0v) is 22.1. The maximum atomic E-state index is 10.7. The Kier molecular flexibility index (Phi) is 10.0. The predicted molar refractivity (Wildman–Crippen MR) is 139 cm³/mol. The molecule has 2 aliphatic rings. The van der Waals surface area contributed by atoms with Crippen molar-refractivity contribution in [3.63, 3.8) is 0 Å². The van der Waals surface area contributed by atoms with Crippen LogP contribution >= 0.6 is 0 Å². The van der Waals surface area contributed by atoms with Gasteiger partial charge in [-0.15, -0.1) is 0 Å². The third-order valence-corrected chi connectivity index (χ3v) is 8.10. The molecule has 0 spiro atoms. The molecule has 32 heavy (non-hydrogen) atoms. The Bertz CT molecular complexity index is 723. The van der Waals surface area contributed by atoms with Crippen LogP contribution in [0.1, 0.15) is 113 Å². The zero-order chi connectivity index (χ0) is 23.9. The summed E-state index contributed by atoms with van der Waals surface area (Å²) in [7, 11) is 0. The zero-order valence-electron chi connectivity index (χ0n) is 22.1. The molecule has 1 aliphatic heterocycles. The van der Waals surface area contributed by atoms with Gasteiger partial charge in [0.15, 0.2) is 0 Å². The van der Waals surface area contributed by atoms with E-state index in [1.165, 1.54) is 22.3 Å². The van der Waals surface area contributed by atoms with Crippen molar-refractivity contribution in [2.75, 3.05) is 0 Å². The van der Waals surface area contributed by atoms with Gasteiger partial charge < -0.3 is 9.84 Å². The van der Waals surface area contributed by atoms with E-state index in [0.29, 0.717) is 11.8 Å². The lowest BCUT2D eigenvalue weighted by Gasteiger charge is -2.44. The van der Waals surface area contributed by atoms with E-state index in [1.807, 2.05) is 6.92 Å². The quantitative estimate of drug-likeness (QED) is 0.307. The smallest absolute Gasteiger partial charge is 0.0858 e. The molecule has 1 N–H and O–H groups in total. The van der Waals surface area contributed by atoms with Crippen LogP contribution in [-0.4, -0.2) is 22.4 Å². The third-order valence-electron chi connectivity index (χ3n) is 8.10. The first-order valence-corrected chi connectivity index (χ1v) is 13.0. The van der Waals surface area contributed by atoms with Crippen molar-refractivity contribution in [2.45, 2.75) is 130 Å². The van der Waals surface area contributed by atoms with Gasteiger partial charge in [-0.2, -0.15) is 0 Å². The average molecular weight is 443 g/mol. The largest absolute Gasteiger partial charge is 0.390 e. The van der Waals surface area contributed by atoms with Gasteiger partial charge in [-0.3, -0.25) is 0 Å². The molecule has 1 aliphatic carbocycles. The highest BCUT2D eigenvalue weighted by molar-refractivity contribution is 5.30. The van der Waals surface area contributed by atoms with E-state index in [9.17, 15) is 5.11 Å². The summed E-state index contributed by atoms with van der Waals surface area (Å²) in [5.41, 5.74) is 5.03. The third kappa shape index (κ3) is 8.34. The number of rotatable bonds is 12. The fraction of sp³-hybridized carbons (Fsp3) is 0.733. The molecule has 0 bridgehead atoms. The maximum Gasteiger partial charge on any atom is 0.0858 e. The number of hydrogen-bond donors (Lipinski definition) is 1. The Balaban J connectivity index is 1.70. The highest BCUT2D eigenvalue weighted by Crippen LogP contribution is 2.41. The summed E-state index contributed by atoms with van der Waals surface area (Å²) >= 11 is 0. The molecule has 0 amide bonds. The first kappa shape index (κ1) is 27.1. The summed E-state index contributed by atoms with van der Waals surface area (Å²) in [6.45, 7) is 19.4. The second-order valence-corrected chi connectivity index (χ2v) is 11.5. The van der Waals surface area contributed by atoms with E-state index < -0.39 is 5.60 Å². The molecule has 0 aromatic rings. The van der Waals surface area contributed by atoms with Gasteiger partial charge in [-0.25, -0.2) is 0 Å². The average Bonchev–Trinajstić information content (AvgIpc) is 2.70. The molecule has 1 saturated heterocycles. The van der Waals surface area contributed by atoms with Crippen LogP contribution in [-0.2, 0) is 4.74 Å². The first-order chi connectivity index (χ1) is 14.9. The van der Waals surface area contributed by atoms with E-state index in [2.05, 4.69) is 66.3 Å². The van der Waals surface area contributed by atoms with Crippen LogP contribution in [0.3, 0.4) is 0 Å². The molecule has 0 radical (unpaired) electrons. The molecule has 2 heteroatoms. The standard InChI is InChI=1S/C30H50O2/c1-22(2)24(4)14-11-19-29(7,31)18-9-12-23(3)13-10-20-30(8)21-17-27-16-15-25(5)26(6)28(27)32-30/h13,15-16,24,26,28,31H,1,9-12,14,17-21H2,2-8H3/b23-13+. The topological polar surface area (TPSA) is 29.5 Å². The molecule has 0 aromatic carbocycles. The van der Waals surface area contributed by atoms with E-state index in [0.717, 1.165) is 64.2 Å². The van der Waals surface area contributed by atoms with Gasteiger partial charge in [0.2, 0.25) is 0 Å². The molecule has 0 aromatic heterocycles. The number of fused-ring (bicyclic) bond motifs is 1. The summed E-state index contributed by atoms with van der Waals surface area (Å²) in [6, 6.07) is 0. The van der Waals surface area contributed by atoms with Crippen molar-refractivity contribution in [1.82, 2.24) is 0 Å². The number of allylic oxidation sites excluding steroid dienone is 5. The molecule has 5 unspecified atom stereocenters. The fourth-order valence-corrected chi connectivity index (χ4v) is 5.04. The van der Waals surface area contributed by atoms with Gasteiger partial charge >= 0.3 is 0 Å². The lowest BCUT2D eigenvalue weighted by atomic mass is 9.78. The van der Waals surface area contributed by atoms with Crippen molar-refractivity contribution in [1.29, 1.82) is 0 Å². The molecule has 0 saturated carbocycles. The SMILES string of the molecule is C=C(C)C(C)CCCC(C)(O)CCC/C(C)=C/CCC1(C)CCC2=CC=C(C)C(C)C2O1. The van der Waals surface area contributed by atoms with Crippen LogP contribution in [0.5, 0.6) is 0 Å². The van der Waals surface area contributed by atoms with Gasteiger partial charge in [0.25, 0.3) is 0 Å². The van der Waals surface area contributed by atoms with Gasteiger partial charge in [0.1, 0.15) is 0 Å². The van der Waals surface area contributed by atoms with Crippen molar-refractivity contribution in [2.24, 2.45) is 11.8 Å². The molecule has 1 heterocycles. The first-order valence-electron chi connectivity index (χ1n) is 13.0. The van der Waals surface area contributed by atoms with E-state index in [1.54, 1.807) is 0 Å². The molecular formula is C30H50O2. The molecule has 182 valence electrons. The van der Waals surface area contributed by atoms with Crippen LogP contribution in [0.15, 0.2) is 47.1 Å². The highest BCUT2D eigenvalue weighted by Gasteiger charge is 2.38. The number of ether oxygens (including phenoxy) is 1. The summed E-state index contributed by atoms with van der Waals surface area (Å²) in [5.74, 6) is 1.04. The second-order valence-electron chi connectivity index (χ2n) is 11.5. The van der Waals surface area contributed by atoms with Gasteiger partial charge in [0, 0.05) is 5.92 Å². The van der Waals surface area contributed by atoms with Gasteiger partial charge in [-0.05, 0) is 104 Å². The van der Waals surface area contributed by atoms with Crippen molar-refractivity contribution >= 4 is 0 Å². The van der Waals surface area contributed by atoms with E-state index in [4.69, 9.17) is 4.74 Å². The normalized spacial score (nSPS) is 28.9. The minimum Gasteiger partial charge on any atom is -0.390 e. The minimum absolute atomic E-state index is 0.0186. The molecule has 5 atom stereocenters. The molecule has 2 rings (SSSR count). The lowest BCUT2D eigenvalue weighted by Crippen LogP contribution is -2.43. The van der Waals surface area contributed by atoms with Crippen LogP contribution < -0.4 is 0 Å². The Morgan fingerprint density at radius 3 is 2.69 bits per heavy atom. The Morgan fingerprint density at radius 2 is 2.00 bits per heavy atom. The van der Waals surface area contributed by atoms with E-state index >= 15 is 0 Å². The van der Waals surface area contributed by atoms with E-state index in [-0.39, 0.29) is 11.7 Å². The highest BCUT2D eigenvalue weighted by atomic mass is 16.5. The molecular weight excluding hydrogens is 392 g/mol. The summed E-state index contributed by atoms with van der Waals surface area (Å²) in [4.78, 5) is 0. The monoisotopic (exact) mass is 442 g/mol. The fourth-order valence-electron chi connectivity index (χ4n) is 5.04. The number of aliphatic hydroxyl groups is 1. The minimum atomic E-state index is -0.549. The van der Waals surface area contributed by atoms with Crippen LogP contribution in [0, 0.1) is 11.8 Å². The Morgan fingerprint density at radius 1 is 1.31 bits per heavy atom. The second kappa shape index (κ2) is 11.8. The molecule has 2 nitrogen and oxygen atoms in total. The lowest BCUT2D eigenvalue weighted by molar-refractivity contribution is -0.110. The van der Waals surface area contributed by atoms with Crippen molar-refractivity contribution < 1.29 is 9.84 Å². The Labute approximate surface area is 198 Å². The van der Waals surface area contributed by atoms with Crippen molar-refractivity contribution in [3.8, 4) is 0 Å². The van der Waals surface area contributed by atoms with Crippen LogP contribution in [0.2, 0.25) is 0 Å². The van der Waals surface area contributed by atoms with Crippen LogP contribution in [0.4, 0.5) is 0 Å². The summed E-state index contributed by atoms with van der Waals surface area (Å²) < 4.78 is 6.66. The molecule has 1 fully saturated rings. The predicted octanol–water partition coefficient (Wildman–Crippen LogP) is 8.48. The maximum absolute atomic E-state index is 10.7. The van der Waals surface area contributed by atoms with Crippen molar-refractivity contribution in [3.05, 3.63) is 47.1 Å². The Hall–Kier alpha value is -1.12. The number of hydrogen-bond acceptors (Lipinski definition) is 2. The summed E-state index contributed by atoms with van der Waals surface area (Å²) in [5, 5.41) is 10.7.